The molecule has 5 fully saturated rings. The molecular weight excluding hydrogens is 721 g/mol. The van der Waals surface area contributed by atoms with Crippen molar-refractivity contribution < 1.29 is 47.6 Å². The van der Waals surface area contributed by atoms with Crippen LogP contribution < -0.4 is 10.6 Å². The Morgan fingerprint density at radius 1 is 0.906 bits per heavy atom. The Morgan fingerprint density at radius 3 is 2.32 bits per heavy atom. The maximum atomic E-state index is 13.3. The first-order chi connectivity index (χ1) is 25.6. The summed E-state index contributed by atoms with van der Waals surface area (Å²) in [4.78, 5) is 50.1. The van der Waals surface area contributed by atoms with E-state index in [1.807, 2.05) is 21.6 Å². The molecule has 7 aliphatic rings. The first-order valence-corrected chi connectivity index (χ1v) is 22.4. The van der Waals surface area contributed by atoms with E-state index in [1.165, 1.54) is 18.6 Å². The van der Waals surface area contributed by atoms with Gasteiger partial charge in [0, 0.05) is 73.4 Å². The van der Waals surface area contributed by atoms with Crippen molar-refractivity contribution in [1.29, 1.82) is 0 Å². The number of nitrogens with one attached hydrogen (secondary N) is 2. The average Bonchev–Trinajstić information content (AvgIpc) is 3.92. The van der Waals surface area contributed by atoms with Gasteiger partial charge in [0.25, 0.3) is 0 Å². The molecule has 14 heteroatoms. The lowest BCUT2D eigenvalue weighted by Gasteiger charge is -2.54. The zero-order valence-electron chi connectivity index (χ0n) is 31.6. The van der Waals surface area contributed by atoms with Gasteiger partial charge in [-0.2, -0.15) is 0 Å². The summed E-state index contributed by atoms with van der Waals surface area (Å²) in [5.41, 5.74) is 0.520. The number of hydrogen-bond donors (Lipinski definition) is 2. The van der Waals surface area contributed by atoms with E-state index in [4.69, 9.17) is 28.4 Å². The van der Waals surface area contributed by atoms with Gasteiger partial charge in [0.15, 0.2) is 5.60 Å². The smallest absolute Gasteiger partial charge is 0.334 e. The van der Waals surface area contributed by atoms with E-state index in [0.29, 0.717) is 58.7 Å². The normalized spacial score (nSPS) is 36.1. The Labute approximate surface area is 321 Å². The molecule has 9 atom stereocenters. The van der Waals surface area contributed by atoms with Gasteiger partial charge in [0.2, 0.25) is 0 Å². The lowest BCUT2D eigenvalue weighted by molar-refractivity contribution is -0.169. The SMILES string of the molecule is CC(C)C1CC2OC23C2(C)CCC4=C(COC4=O)C2CC2OC23C1OC(=O)CCCC(=O)OCCNCCNCCOC(=O)CCCCC1CCSS1. The second-order valence-corrected chi connectivity index (χ2v) is 19.2. The largest absolute Gasteiger partial charge is 0.464 e. The highest BCUT2D eigenvalue weighted by Gasteiger charge is 2.93. The van der Waals surface area contributed by atoms with Gasteiger partial charge in [-0.15, -0.1) is 0 Å². The number of fused-ring (bicyclic) bond motifs is 2. The summed E-state index contributed by atoms with van der Waals surface area (Å²) in [5, 5.41) is 7.22. The number of ether oxygens (including phenoxy) is 6. The molecule has 2 spiro atoms. The zero-order valence-corrected chi connectivity index (χ0v) is 33.2. The first-order valence-electron chi connectivity index (χ1n) is 20.1. The Morgan fingerprint density at radius 2 is 1.62 bits per heavy atom. The van der Waals surface area contributed by atoms with Crippen molar-refractivity contribution in [2.45, 2.75) is 133 Å². The fourth-order valence-electron chi connectivity index (χ4n) is 10.3. The third-order valence-electron chi connectivity index (χ3n) is 13.1. The number of hydrogen-bond acceptors (Lipinski definition) is 14. The molecule has 296 valence electrons. The molecule has 0 aromatic heterocycles. The van der Waals surface area contributed by atoms with Gasteiger partial charge in [0.05, 0.1) is 12.2 Å². The van der Waals surface area contributed by atoms with Gasteiger partial charge in [-0.1, -0.05) is 48.8 Å². The van der Waals surface area contributed by atoms with E-state index in [1.54, 1.807) is 0 Å². The summed E-state index contributed by atoms with van der Waals surface area (Å²) in [5.74, 6) is 0.818. The first kappa shape index (κ1) is 39.4. The summed E-state index contributed by atoms with van der Waals surface area (Å²) in [6.45, 7) is 10.1. The van der Waals surface area contributed by atoms with Crippen molar-refractivity contribution in [3.8, 4) is 0 Å². The predicted octanol–water partition coefficient (Wildman–Crippen LogP) is 4.67. The van der Waals surface area contributed by atoms with E-state index < -0.39 is 17.3 Å². The van der Waals surface area contributed by atoms with Crippen LogP contribution >= 0.6 is 21.6 Å². The summed E-state index contributed by atoms with van der Waals surface area (Å²) in [6.07, 6.45) is 8.17. The molecule has 12 nitrogen and oxygen atoms in total. The summed E-state index contributed by atoms with van der Waals surface area (Å²) >= 11 is 0. The Bertz CT molecular complexity index is 1420. The monoisotopic (exact) mass is 778 g/mol. The molecule has 0 amide bonds. The van der Waals surface area contributed by atoms with Gasteiger partial charge in [-0.3, -0.25) is 14.4 Å². The maximum absolute atomic E-state index is 13.3. The van der Waals surface area contributed by atoms with Crippen molar-refractivity contribution >= 4 is 45.5 Å². The van der Waals surface area contributed by atoms with Crippen LogP contribution in [0.3, 0.4) is 0 Å². The minimum atomic E-state index is -0.673. The molecule has 0 bridgehead atoms. The molecule has 2 saturated carbocycles. The maximum Gasteiger partial charge on any atom is 0.334 e. The highest BCUT2D eigenvalue weighted by Crippen LogP contribution is 2.79. The second-order valence-electron chi connectivity index (χ2n) is 16.5. The van der Waals surface area contributed by atoms with Crippen LogP contribution in [0.25, 0.3) is 0 Å². The Hall–Kier alpha value is -1.84. The van der Waals surface area contributed by atoms with Gasteiger partial charge in [-0.05, 0) is 68.8 Å². The lowest BCUT2D eigenvalue weighted by Crippen LogP contribution is -2.67. The molecule has 53 heavy (non-hydrogen) atoms. The van der Waals surface area contributed by atoms with Crippen LogP contribution in [0.5, 0.6) is 0 Å². The summed E-state index contributed by atoms with van der Waals surface area (Å²) in [6, 6.07) is 0. The van der Waals surface area contributed by atoms with E-state index in [9.17, 15) is 19.2 Å². The topological polar surface area (TPSA) is 154 Å². The average molecular weight is 779 g/mol. The molecule has 2 N–H and O–H groups in total. The molecule has 3 saturated heterocycles. The van der Waals surface area contributed by atoms with Crippen LogP contribution in [0.1, 0.15) is 97.8 Å². The summed E-state index contributed by atoms with van der Waals surface area (Å²) in [7, 11) is 3.94. The zero-order chi connectivity index (χ0) is 37.2. The van der Waals surface area contributed by atoms with Gasteiger partial charge in [-0.25, -0.2) is 4.79 Å². The molecule has 7 rings (SSSR count). The number of unbranched alkanes of at least 4 members (excludes halogenated alkanes) is 1. The van der Waals surface area contributed by atoms with Crippen LogP contribution in [-0.2, 0) is 47.6 Å². The molecule has 0 aromatic carbocycles. The highest BCUT2D eigenvalue weighted by atomic mass is 33.1. The van der Waals surface area contributed by atoms with Crippen molar-refractivity contribution in [3.63, 3.8) is 0 Å². The third kappa shape index (κ3) is 7.80. The quantitative estimate of drug-likeness (QED) is 0.0579. The number of carbonyl (C=O) groups is 4. The van der Waals surface area contributed by atoms with Crippen molar-refractivity contribution in [2.24, 2.45) is 23.2 Å². The fourth-order valence-corrected chi connectivity index (χ4v) is 13.3. The minimum Gasteiger partial charge on any atom is -0.464 e. The fraction of sp³-hybridized carbons (Fsp3) is 0.846. The van der Waals surface area contributed by atoms with Crippen LogP contribution in [-0.4, -0.2) is 110 Å². The van der Waals surface area contributed by atoms with Gasteiger partial charge >= 0.3 is 23.9 Å². The van der Waals surface area contributed by atoms with Crippen LogP contribution in [0, 0.1) is 23.2 Å². The van der Waals surface area contributed by atoms with E-state index in [0.717, 1.165) is 48.5 Å². The van der Waals surface area contributed by atoms with Crippen LogP contribution in [0.4, 0.5) is 0 Å². The lowest BCUT2D eigenvalue weighted by atomic mass is 9.46. The van der Waals surface area contributed by atoms with E-state index >= 15 is 0 Å². The highest BCUT2D eigenvalue weighted by molar-refractivity contribution is 8.77. The standard InChI is InChI=1S/C39H58N2O10S2/c1-24(2)27-21-31-39(51-31)37(3)13-11-26-28(23-48-36(26)45)29(37)22-30-38(39,50-30)35(27)49-34(44)10-6-9-33(43)47-19-17-41-15-14-40-16-18-46-32(42)8-5-4-7-25-12-20-52-53-25/h24-25,27,29-31,35,40-41H,4-23H2,1-3H3. The molecule has 4 heterocycles. The van der Waals surface area contributed by atoms with Crippen LogP contribution in [0.2, 0.25) is 0 Å². The molecule has 3 aliphatic carbocycles. The number of rotatable bonds is 20. The van der Waals surface area contributed by atoms with Crippen LogP contribution in [0.15, 0.2) is 11.1 Å². The molecule has 9 unspecified atom stereocenters. The Balaban J connectivity index is 0.761. The Kier molecular flexibility index (Phi) is 12.4. The van der Waals surface area contributed by atoms with Gasteiger partial charge < -0.3 is 39.1 Å². The number of epoxide rings is 2. The van der Waals surface area contributed by atoms with E-state index in [-0.39, 0.29) is 78.7 Å². The molecule has 0 aromatic rings. The summed E-state index contributed by atoms with van der Waals surface area (Å²) < 4.78 is 35.9. The number of esters is 4. The second kappa shape index (κ2) is 16.7. The number of carbonyl (C=O) groups excluding carboxylic acids is 4. The van der Waals surface area contributed by atoms with E-state index in [2.05, 4.69) is 31.4 Å². The molecule has 0 radical (unpaired) electrons. The third-order valence-corrected chi connectivity index (χ3v) is 16.1. The molecule has 4 aliphatic heterocycles. The molecular formula is C39H58N2O10S2. The van der Waals surface area contributed by atoms with Gasteiger partial charge in [0.1, 0.15) is 31.5 Å². The predicted molar refractivity (Wildman–Crippen MR) is 200 cm³/mol. The van der Waals surface area contributed by atoms with Crippen molar-refractivity contribution in [2.75, 3.05) is 51.8 Å². The van der Waals surface area contributed by atoms with Crippen molar-refractivity contribution in [1.82, 2.24) is 10.6 Å². The van der Waals surface area contributed by atoms with Crippen molar-refractivity contribution in [3.05, 3.63) is 11.1 Å². The number of cyclic esters (lactones) is 1. The minimum absolute atomic E-state index is 0.0453.